The average molecular weight is 245 g/mol. The van der Waals surface area contributed by atoms with Crippen molar-refractivity contribution in [2.75, 3.05) is 0 Å². The summed E-state index contributed by atoms with van der Waals surface area (Å²) < 4.78 is 28.4. The minimum absolute atomic E-state index is 0.178. The first kappa shape index (κ1) is 12.2. The summed E-state index contributed by atoms with van der Waals surface area (Å²) in [6.45, 7) is -2.76. The van der Waals surface area contributed by atoms with E-state index in [1.54, 1.807) is 0 Å². The third-order valence-corrected chi connectivity index (χ3v) is 3.15. The van der Waals surface area contributed by atoms with Crippen LogP contribution in [-0.4, -0.2) is 35.5 Å². The van der Waals surface area contributed by atoms with Gasteiger partial charge in [0.15, 0.2) is 0 Å². The van der Waals surface area contributed by atoms with Crippen LogP contribution in [0.5, 0.6) is 0 Å². The lowest BCUT2D eigenvalue weighted by atomic mass is 9.92. The number of ether oxygens (including phenoxy) is 1. The first-order valence-electron chi connectivity index (χ1n) is 5.57. The molecular formula is C11H13F2NO3. The second-order valence-electron chi connectivity index (χ2n) is 4.21. The van der Waals surface area contributed by atoms with Crippen molar-refractivity contribution in [3.8, 4) is 0 Å². The van der Waals surface area contributed by atoms with E-state index >= 15 is 0 Å². The van der Waals surface area contributed by atoms with E-state index < -0.39 is 12.7 Å². The molecule has 0 unspecified atom stereocenters. The molecule has 0 N–H and O–H groups in total. The first-order chi connectivity index (χ1) is 8.08. The highest BCUT2D eigenvalue weighted by molar-refractivity contribution is 6.13. The second-order valence-corrected chi connectivity index (χ2v) is 4.21. The zero-order chi connectivity index (χ0) is 12.4. The van der Waals surface area contributed by atoms with Gasteiger partial charge in [-0.1, -0.05) is 0 Å². The Morgan fingerprint density at radius 1 is 1.12 bits per heavy atom. The Bertz CT molecular complexity index is 331. The molecule has 17 heavy (non-hydrogen) atoms. The van der Waals surface area contributed by atoms with Gasteiger partial charge in [0.05, 0.1) is 6.10 Å². The van der Waals surface area contributed by atoms with Crippen molar-refractivity contribution in [1.29, 1.82) is 0 Å². The van der Waals surface area contributed by atoms with E-state index in [2.05, 4.69) is 4.74 Å². The molecule has 94 valence electrons. The number of hydrogen-bond donors (Lipinski definition) is 0. The number of hydrogen-bond acceptors (Lipinski definition) is 3. The van der Waals surface area contributed by atoms with Gasteiger partial charge < -0.3 is 4.74 Å². The molecule has 1 fully saturated rings. The number of halogens is 2. The van der Waals surface area contributed by atoms with E-state index in [9.17, 15) is 18.4 Å². The molecule has 0 bridgehead atoms. The fraction of sp³-hybridized carbons (Fsp3) is 0.636. The molecule has 2 rings (SSSR count). The van der Waals surface area contributed by atoms with Crippen LogP contribution in [0.3, 0.4) is 0 Å². The molecule has 1 aliphatic carbocycles. The summed E-state index contributed by atoms with van der Waals surface area (Å²) in [5, 5.41) is 0. The quantitative estimate of drug-likeness (QED) is 0.707. The maximum Gasteiger partial charge on any atom is 0.345 e. The molecule has 1 heterocycles. The standard InChI is InChI=1S/C11H13F2NO3/c12-11(13)17-8-3-1-7(2-4-8)14-9(15)5-6-10(14)16/h5-8,11H,1-4H2. The summed E-state index contributed by atoms with van der Waals surface area (Å²) in [6, 6.07) is -0.178. The Balaban J connectivity index is 1.87. The molecule has 4 nitrogen and oxygen atoms in total. The largest absolute Gasteiger partial charge is 0.345 e. The smallest absolute Gasteiger partial charge is 0.320 e. The third kappa shape index (κ3) is 2.69. The molecule has 0 aromatic carbocycles. The summed E-state index contributed by atoms with van der Waals surface area (Å²) in [5.74, 6) is -0.624. The number of amides is 2. The van der Waals surface area contributed by atoms with Crippen LogP contribution in [0, 0.1) is 0 Å². The monoisotopic (exact) mass is 245 g/mol. The van der Waals surface area contributed by atoms with Crippen molar-refractivity contribution in [1.82, 2.24) is 4.90 Å². The van der Waals surface area contributed by atoms with E-state index in [1.165, 1.54) is 17.1 Å². The molecule has 0 aromatic rings. The summed E-state index contributed by atoms with van der Waals surface area (Å²) >= 11 is 0. The normalized spacial score (nSPS) is 29.5. The zero-order valence-corrected chi connectivity index (χ0v) is 9.14. The lowest BCUT2D eigenvalue weighted by molar-refractivity contribution is -0.173. The molecule has 6 heteroatoms. The van der Waals surface area contributed by atoms with E-state index in [0.29, 0.717) is 25.7 Å². The van der Waals surface area contributed by atoms with Crippen molar-refractivity contribution >= 4 is 11.8 Å². The average Bonchev–Trinajstić information content (AvgIpc) is 2.59. The molecule has 0 atom stereocenters. The van der Waals surface area contributed by atoms with Gasteiger partial charge in [0.1, 0.15) is 0 Å². The molecule has 1 saturated carbocycles. The Morgan fingerprint density at radius 3 is 2.12 bits per heavy atom. The number of alkyl halides is 2. The Labute approximate surface area is 97.2 Å². The van der Waals surface area contributed by atoms with Crippen molar-refractivity contribution in [2.45, 2.75) is 44.4 Å². The summed E-state index contributed by atoms with van der Waals surface area (Å²) in [7, 11) is 0. The van der Waals surface area contributed by atoms with Gasteiger partial charge in [-0.05, 0) is 25.7 Å². The molecule has 2 aliphatic rings. The summed E-state index contributed by atoms with van der Waals surface area (Å²) in [5.41, 5.74) is 0. The topological polar surface area (TPSA) is 46.6 Å². The van der Waals surface area contributed by atoms with Gasteiger partial charge in [0.2, 0.25) is 0 Å². The van der Waals surface area contributed by atoms with Crippen molar-refractivity contribution in [2.24, 2.45) is 0 Å². The molecular weight excluding hydrogens is 232 g/mol. The van der Waals surface area contributed by atoms with Crippen LogP contribution < -0.4 is 0 Å². The summed E-state index contributed by atoms with van der Waals surface area (Å²) in [6.07, 6.45) is 3.96. The van der Waals surface area contributed by atoms with E-state index in [1.807, 2.05) is 0 Å². The number of carbonyl (C=O) groups excluding carboxylic acids is 2. The minimum atomic E-state index is -2.76. The van der Waals surface area contributed by atoms with Gasteiger partial charge >= 0.3 is 6.61 Å². The predicted octanol–water partition coefficient (Wildman–Crippen LogP) is 1.46. The number of nitrogens with zero attached hydrogens (tertiary/aromatic N) is 1. The van der Waals surface area contributed by atoms with Crippen LogP contribution in [-0.2, 0) is 14.3 Å². The molecule has 0 spiro atoms. The maximum absolute atomic E-state index is 12.0. The van der Waals surface area contributed by atoms with Crippen molar-refractivity contribution in [3.63, 3.8) is 0 Å². The zero-order valence-electron chi connectivity index (χ0n) is 9.14. The van der Waals surface area contributed by atoms with Crippen LogP contribution in [0.15, 0.2) is 12.2 Å². The summed E-state index contributed by atoms with van der Waals surface area (Å²) in [4.78, 5) is 24.0. The lowest BCUT2D eigenvalue weighted by Crippen LogP contribution is -2.43. The van der Waals surface area contributed by atoms with Crippen LogP contribution in [0.2, 0.25) is 0 Å². The Kier molecular flexibility index (Phi) is 3.51. The van der Waals surface area contributed by atoms with Gasteiger partial charge in [0.25, 0.3) is 11.8 Å². The molecule has 2 amide bonds. The highest BCUT2D eigenvalue weighted by atomic mass is 19.3. The SMILES string of the molecule is O=C1C=CC(=O)N1C1CCC(OC(F)F)CC1. The fourth-order valence-electron chi connectivity index (χ4n) is 2.36. The molecule has 1 aliphatic heterocycles. The van der Waals surface area contributed by atoms with E-state index in [-0.39, 0.29) is 17.9 Å². The van der Waals surface area contributed by atoms with Crippen LogP contribution in [0.25, 0.3) is 0 Å². The third-order valence-electron chi connectivity index (χ3n) is 3.15. The molecule has 0 saturated heterocycles. The van der Waals surface area contributed by atoms with Gasteiger partial charge in [-0.3, -0.25) is 14.5 Å². The first-order valence-corrected chi connectivity index (χ1v) is 5.57. The highest BCUT2D eigenvalue weighted by Gasteiger charge is 2.34. The molecule has 0 aromatic heterocycles. The number of imide groups is 1. The van der Waals surface area contributed by atoms with Crippen molar-refractivity contribution < 1.29 is 23.1 Å². The highest BCUT2D eigenvalue weighted by Crippen LogP contribution is 2.27. The minimum Gasteiger partial charge on any atom is -0.320 e. The van der Waals surface area contributed by atoms with Crippen molar-refractivity contribution in [3.05, 3.63) is 12.2 Å². The van der Waals surface area contributed by atoms with Crippen LogP contribution in [0.1, 0.15) is 25.7 Å². The second kappa shape index (κ2) is 4.91. The van der Waals surface area contributed by atoms with E-state index in [4.69, 9.17) is 0 Å². The maximum atomic E-state index is 12.0. The van der Waals surface area contributed by atoms with E-state index in [0.717, 1.165) is 0 Å². The van der Waals surface area contributed by atoms with Crippen LogP contribution in [0.4, 0.5) is 8.78 Å². The van der Waals surface area contributed by atoms with Gasteiger partial charge in [0, 0.05) is 18.2 Å². The number of carbonyl (C=O) groups is 2. The fourth-order valence-corrected chi connectivity index (χ4v) is 2.36. The number of rotatable bonds is 3. The molecule has 0 radical (unpaired) electrons. The Hall–Kier alpha value is -1.30. The Morgan fingerprint density at radius 2 is 1.65 bits per heavy atom. The lowest BCUT2D eigenvalue weighted by Gasteiger charge is -2.33. The van der Waals surface area contributed by atoms with Gasteiger partial charge in [-0.2, -0.15) is 8.78 Å². The van der Waals surface area contributed by atoms with Gasteiger partial charge in [-0.25, -0.2) is 0 Å². The predicted molar refractivity (Wildman–Crippen MR) is 54.1 cm³/mol. The van der Waals surface area contributed by atoms with Gasteiger partial charge in [-0.15, -0.1) is 0 Å². The van der Waals surface area contributed by atoms with Crippen LogP contribution >= 0.6 is 0 Å².